The molecule has 2 atom stereocenters. The van der Waals surface area contributed by atoms with Crippen LogP contribution in [0.3, 0.4) is 0 Å². The van der Waals surface area contributed by atoms with Crippen molar-refractivity contribution >= 4 is 21.7 Å². The summed E-state index contributed by atoms with van der Waals surface area (Å²) in [5, 5.41) is 9.30. The minimum absolute atomic E-state index is 0.123. The number of fused-ring (bicyclic) bond motifs is 3. The number of carboxylic acid groups (broad SMARTS) is 1. The Labute approximate surface area is 247 Å². The van der Waals surface area contributed by atoms with E-state index in [4.69, 9.17) is 0 Å². The summed E-state index contributed by atoms with van der Waals surface area (Å²) < 4.78 is 137. The van der Waals surface area contributed by atoms with Gasteiger partial charge in [0.05, 0.1) is 16.9 Å². The Morgan fingerprint density at radius 2 is 1.41 bits per heavy atom. The molecule has 6 nitrogen and oxygen atoms in total. The fourth-order valence-corrected chi connectivity index (χ4v) is 9.51. The Kier molecular flexibility index (Phi) is 7.82. The molecule has 1 saturated carbocycles. The van der Waals surface area contributed by atoms with Crippen LogP contribution in [0.4, 0.5) is 35.1 Å². The molecule has 1 saturated heterocycles. The van der Waals surface area contributed by atoms with Crippen LogP contribution < -0.4 is 0 Å². The number of hydrogen-bond donors (Lipinski definition) is 1. The van der Waals surface area contributed by atoms with Gasteiger partial charge in [-0.2, -0.15) is 26.3 Å². The van der Waals surface area contributed by atoms with Crippen molar-refractivity contribution in [1.29, 1.82) is 0 Å². The van der Waals surface area contributed by atoms with Crippen LogP contribution in [-0.2, 0) is 36.3 Å². The summed E-state index contributed by atoms with van der Waals surface area (Å²) in [7, 11) is -4.59. The summed E-state index contributed by atoms with van der Waals surface area (Å²) >= 11 is 0. The lowest BCUT2D eigenvalue weighted by Crippen LogP contribution is -2.53. The highest BCUT2D eigenvalue weighted by Gasteiger charge is 2.74. The van der Waals surface area contributed by atoms with Crippen LogP contribution in [-0.4, -0.2) is 55.2 Å². The summed E-state index contributed by atoms with van der Waals surface area (Å²) in [6, 6.07) is 4.07. The molecule has 0 radical (unpaired) electrons. The van der Waals surface area contributed by atoms with E-state index in [2.05, 4.69) is 0 Å². The van der Waals surface area contributed by atoms with E-state index >= 15 is 0 Å². The summed E-state index contributed by atoms with van der Waals surface area (Å²) in [5.41, 5.74) is -7.86. The number of carboxylic acids is 1. The number of rotatable bonds is 5. The zero-order valence-corrected chi connectivity index (χ0v) is 23.7. The number of benzene rings is 2. The third-order valence-electron chi connectivity index (χ3n) is 9.38. The molecule has 1 amide bonds. The molecule has 240 valence electrons. The average molecular weight is 654 g/mol. The van der Waals surface area contributed by atoms with Crippen LogP contribution in [0.15, 0.2) is 47.4 Å². The van der Waals surface area contributed by atoms with E-state index in [-0.39, 0.29) is 73.6 Å². The predicted molar refractivity (Wildman–Crippen MR) is 138 cm³/mol. The molecular formula is C29H27F8NO5S. The fraction of sp³-hybridized carbons (Fsp3) is 0.517. The van der Waals surface area contributed by atoms with E-state index < -0.39 is 73.7 Å². The van der Waals surface area contributed by atoms with Gasteiger partial charge in [-0.15, -0.1) is 0 Å². The second kappa shape index (κ2) is 10.7. The number of aliphatic carboxylic acids is 1. The maximum Gasteiger partial charge on any atom is 0.435 e. The van der Waals surface area contributed by atoms with Gasteiger partial charge in [0.1, 0.15) is 10.6 Å². The molecule has 1 heterocycles. The first-order valence-electron chi connectivity index (χ1n) is 13.9. The SMILES string of the molecule is O=C(O)[C@H]1CC[C@H](C(=O)N2CC[C@@]3(S(=O)(=O)c4ccc(F)cc4)c4ccc(C(F)(C(F)(F)F)C(F)(F)F)cc4CC[C@@H]23)CC1. The molecule has 0 spiro atoms. The summed E-state index contributed by atoms with van der Waals surface area (Å²) in [6.45, 7) is -0.123. The highest BCUT2D eigenvalue weighted by molar-refractivity contribution is 7.92. The normalized spacial score (nSPS) is 26.2. The number of aryl methyl sites for hydroxylation is 1. The Bertz CT molecular complexity index is 1550. The molecule has 1 N–H and O–H groups in total. The molecule has 0 bridgehead atoms. The first-order chi connectivity index (χ1) is 20.4. The van der Waals surface area contributed by atoms with Gasteiger partial charge in [0.25, 0.3) is 0 Å². The van der Waals surface area contributed by atoms with Crippen molar-refractivity contribution in [3.63, 3.8) is 0 Å². The Hall–Kier alpha value is -3.23. The van der Waals surface area contributed by atoms with E-state index in [1.807, 2.05) is 0 Å². The number of halogens is 8. The molecule has 5 rings (SSSR count). The maximum absolute atomic E-state index is 15.0. The molecule has 0 aromatic heterocycles. The molecule has 2 fully saturated rings. The van der Waals surface area contributed by atoms with E-state index in [1.54, 1.807) is 0 Å². The van der Waals surface area contributed by atoms with Crippen LogP contribution in [0.2, 0.25) is 0 Å². The first kappa shape index (κ1) is 32.2. The van der Waals surface area contributed by atoms with E-state index in [0.717, 1.165) is 30.3 Å². The number of nitrogens with zero attached hydrogens (tertiary/aromatic N) is 1. The van der Waals surface area contributed by atoms with Crippen LogP contribution in [0.1, 0.15) is 55.2 Å². The standard InChI is InChI=1S/C29H27F8NO5S/c30-20-7-9-21(10-8-20)44(42,43)26-13-14-38(24(39)16-1-3-17(4-2-16)25(40)41)23(26)12-5-18-15-19(6-11-22(18)26)27(31,28(32,33)34)29(35,36)37/h6-11,15-17,23H,1-5,12-14H2,(H,40,41)/t16-,17-,23-,26-/m1/s1. The number of carbonyl (C=O) groups excluding carboxylic acids is 1. The summed E-state index contributed by atoms with van der Waals surface area (Å²) in [6.07, 6.45) is -12.5. The van der Waals surface area contributed by atoms with Crippen molar-refractivity contribution in [3.8, 4) is 0 Å². The number of hydrogen-bond acceptors (Lipinski definition) is 4. The molecule has 15 heteroatoms. The Balaban J connectivity index is 1.62. The second-order valence-corrected chi connectivity index (χ2v) is 13.8. The molecule has 1 aliphatic heterocycles. The molecule has 3 aliphatic rings. The van der Waals surface area contributed by atoms with Gasteiger partial charge in [-0.1, -0.05) is 18.2 Å². The monoisotopic (exact) mass is 653 g/mol. The minimum Gasteiger partial charge on any atom is -0.481 e. The van der Waals surface area contributed by atoms with Crippen molar-refractivity contribution in [3.05, 3.63) is 65.0 Å². The Morgan fingerprint density at radius 1 is 0.841 bits per heavy atom. The van der Waals surface area contributed by atoms with Crippen LogP contribution >= 0.6 is 0 Å². The summed E-state index contributed by atoms with van der Waals surface area (Å²) in [4.78, 5) is 26.1. The van der Waals surface area contributed by atoms with Gasteiger partial charge in [-0.3, -0.25) is 9.59 Å². The van der Waals surface area contributed by atoms with Gasteiger partial charge < -0.3 is 10.0 Å². The highest BCUT2D eigenvalue weighted by atomic mass is 32.2. The van der Waals surface area contributed by atoms with Crippen molar-refractivity contribution < 1.29 is 58.2 Å². The molecular weight excluding hydrogens is 626 g/mol. The molecule has 2 aliphatic carbocycles. The van der Waals surface area contributed by atoms with Crippen LogP contribution in [0, 0.1) is 17.7 Å². The van der Waals surface area contributed by atoms with E-state index in [1.165, 1.54) is 4.90 Å². The van der Waals surface area contributed by atoms with Crippen molar-refractivity contribution in [1.82, 2.24) is 4.90 Å². The van der Waals surface area contributed by atoms with Gasteiger partial charge >= 0.3 is 24.0 Å². The van der Waals surface area contributed by atoms with Gasteiger partial charge in [0, 0.05) is 18.0 Å². The minimum atomic E-state index is -6.37. The predicted octanol–water partition coefficient (Wildman–Crippen LogP) is 6.22. The quantitative estimate of drug-likeness (QED) is 0.306. The van der Waals surface area contributed by atoms with Crippen molar-refractivity contribution in [2.24, 2.45) is 11.8 Å². The highest BCUT2D eigenvalue weighted by Crippen LogP contribution is 2.57. The maximum atomic E-state index is 15.0. The molecule has 44 heavy (non-hydrogen) atoms. The van der Waals surface area contributed by atoms with E-state index in [9.17, 15) is 58.2 Å². The van der Waals surface area contributed by atoms with E-state index in [0.29, 0.717) is 6.07 Å². The number of carbonyl (C=O) groups is 2. The first-order valence-corrected chi connectivity index (χ1v) is 15.3. The molecule has 2 aromatic rings. The lowest BCUT2D eigenvalue weighted by atomic mass is 9.76. The largest absolute Gasteiger partial charge is 0.481 e. The topological polar surface area (TPSA) is 91.8 Å². The van der Waals surface area contributed by atoms with Gasteiger partial charge in [0.15, 0.2) is 9.84 Å². The third-order valence-corrected chi connectivity index (χ3v) is 11.9. The number of likely N-dealkylation sites (tertiary alicyclic amines) is 1. The van der Waals surface area contributed by atoms with Crippen LogP contribution in [0.25, 0.3) is 0 Å². The van der Waals surface area contributed by atoms with Gasteiger partial charge in [-0.25, -0.2) is 17.2 Å². The number of amides is 1. The number of sulfone groups is 1. The number of alkyl halides is 7. The lowest BCUT2D eigenvalue weighted by Gasteiger charge is -2.44. The third kappa shape index (κ3) is 4.76. The van der Waals surface area contributed by atoms with Crippen molar-refractivity contribution in [2.45, 2.75) is 78.7 Å². The van der Waals surface area contributed by atoms with Crippen molar-refractivity contribution in [2.75, 3.05) is 6.54 Å². The smallest absolute Gasteiger partial charge is 0.435 e. The molecule has 2 aromatic carbocycles. The molecule has 0 unspecified atom stereocenters. The van der Waals surface area contributed by atoms with Gasteiger partial charge in [0.2, 0.25) is 5.91 Å². The lowest BCUT2D eigenvalue weighted by molar-refractivity contribution is -0.348. The fourth-order valence-electron chi connectivity index (χ4n) is 7.14. The zero-order valence-electron chi connectivity index (χ0n) is 22.9. The van der Waals surface area contributed by atoms with Crippen LogP contribution in [0.5, 0.6) is 0 Å². The Morgan fingerprint density at radius 3 is 1.95 bits per heavy atom. The van der Waals surface area contributed by atoms with Gasteiger partial charge in [-0.05, 0) is 80.3 Å². The second-order valence-electron chi connectivity index (χ2n) is 11.6. The zero-order chi connectivity index (χ0) is 32.5. The summed E-state index contributed by atoms with van der Waals surface area (Å²) in [5.74, 6) is -3.40. The average Bonchev–Trinajstić information content (AvgIpc) is 3.37.